The van der Waals surface area contributed by atoms with Gasteiger partial charge in [-0.05, 0) is 32.2 Å². The van der Waals surface area contributed by atoms with Crippen molar-refractivity contribution in [3.8, 4) is 0 Å². The van der Waals surface area contributed by atoms with Crippen LogP contribution in [-0.2, 0) is 9.47 Å². The average Bonchev–Trinajstić information content (AvgIpc) is 2.14. The Morgan fingerprint density at radius 3 is 2.59 bits per heavy atom. The molecule has 2 unspecified atom stereocenters. The second kappa shape index (κ2) is 6.82. The van der Waals surface area contributed by atoms with Crippen molar-refractivity contribution in [1.29, 1.82) is 0 Å². The van der Waals surface area contributed by atoms with E-state index in [0.29, 0.717) is 19.4 Å². The molecule has 7 heteroatoms. The summed E-state index contributed by atoms with van der Waals surface area (Å²) in [4.78, 5) is 0. The Balaban J connectivity index is 2.36. The van der Waals surface area contributed by atoms with Crippen molar-refractivity contribution in [2.24, 2.45) is 5.73 Å². The standard InChI is InChI=1S/C10H18F3NO2S/c11-10(12,13)16-9-6-8(17)5-7(15-9)3-1-2-4-14/h7-9,17H,1-6,14H2/t7?,8-,9?/m1/s1. The Bertz CT molecular complexity index is 228. The van der Waals surface area contributed by atoms with Gasteiger partial charge in [-0.25, -0.2) is 0 Å². The molecule has 0 spiro atoms. The molecule has 1 heterocycles. The number of nitrogens with two attached hydrogens (primary N) is 1. The first-order chi connectivity index (χ1) is 7.90. The summed E-state index contributed by atoms with van der Waals surface area (Å²) in [5.41, 5.74) is 5.35. The minimum Gasteiger partial charge on any atom is -0.349 e. The van der Waals surface area contributed by atoms with Gasteiger partial charge in [0.1, 0.15) is 0 Å². The molecular weight excluding hydrogens is 255 g/mol. The lowest BCUT2D eigenvalue weighted by atomic mass is 10.0. The summed E-state index contributed by atoms with van der Waals surface area (Å²) in [6.07, 6.45) is -2.88. The largest absolute Gasteiger partial charge is 0.524 e. The maximum atomic E-state index is 12.1. The van der Waals surface area contributed by atoms with Crippen molar-refractivity contribution in [2.45, 2.75) is 56.1 Å². The molecule has 3 nitrogen and oxygen atoms in total. The molecule has 0 aliphatic carbocycles. The number of halogens is 3. The molecule has 0 bridgehead atoms. The number of rotatable bonds is 5. The molecule has 17 heavy (non-hydrogen) atoms. The number of hydrogen-bond donors (Lipinski definition) is 2. The quantitative estimate of drug-likeness (QED) is 0.597. The van der Waals surface area contributed by atoms with E-state index in [2.05, 4.69) is 17.4 Å². The van der Waals surface area contributed by atoms with Crippen molar-refractivity contribution in [3.05, 3.63) is 0 Å². The van der Waals surface area contributed by atoms with Gasteiger partial charge >= 0.3 is 6.36 Å². The fraction of sp³-hybridized carbons (Fsp3) is 1.00. The van der Waals surface area contributed by atoms with Gasteiger partial charge in [0.2, 0.25) is 0 Å². The Morgan fingerprint density at radius 2 is 2.00 bits per heavy atom. The third-order valence-electron chi connectivity index (χ3n) is 2.59. The maximum absolute atomic E-state index is 12.1. The molecule has 0 aromatic rings. The second-order valence-corrected chi connectivity index (χ2v) is 4.89. The zero-order chi connectivity index (χ0) is 12.9. The predicted octanol–water partition coefficient (Wildman–Crippen LogP) is 2.46. The van der Waals surface area contributed by atoms with Gasteiger partial charge in [0, 0.05) is 11.7 Å². The highest BCUT2D eigenvalue weighted by Crippen LogP contribution is 2.30. The van der Waals surface area contributed by atoms with E-state index >= 15 is 0 Å². The summed E-state index contributed by atoms with van der Waals surface area (Å²) < 4.78 is 45.3. The molecule has 102 valence electrons. The van der Waals surface area contributed by atoms with Crippen molar-refractivity contribution < 1.29 is 22.6 Å². The van der Waals surface area contributed by atoms with Crippen LogP contribution in [0.25, 0.3) is 0 Å². The zero-order valence-electron chi connectivity index (χ0n) is 9.45. The van der Waals surface area contributed by atoms with Crippen molar-refractivity contribution in [1.82, 2.24) is 0 Å². The van der Waals surface area contributed by atoms with Crippen LogP contribution in [0, 0.1) is 0 Å². The van der Waals surface area contributed by atoms with Crippen LogP contribution in [0.1, 0.15) is 32.1 Å². The first-order valence-corrected chi connectivity index (χ1v) is 6.20. The monoisotopic (exact) mass is 273 g/mol. The smallest absolute Gasteiger partial charge is 0.349 e. The van der Waals surface area contributed by atoms with E-state index in [4.69, 9.17) is 10.5 Å². The van der Waals surface area contributed by atoms with Crippen LogP contribution in [0.4, 0.5) is 13.2 Å². The lowest BCUT2D eigenvalue weighted by molar-refractivity contribution is -0.388. The molecule has 0 amide bonds. The van der Waals surface area contributed by atoms with Gasteiger partial charge in [-0.3, -0.25) is 4.74 Å². The number of thiol groups is 1. The molecule has 0 radical (unpaired) electrons. The number of alkyl halides is 3. The fourth-order valence-corrected chi connectivity index (χ4v) is 2.28. The summed E-state index contributed by atoms with van der Waals surface area (Å²) in [5.74, 6) is 0. The van der Waals surface area contributed by atoms with Gasteiger partial charge in [0.25, 0.3) is 0 Å². The molecule has 3 atom stereocenters. The van der Waals surface area contributed by atoms with Crippen LogP contribution < -0.4 is 5.73 Å². The summed E-state index contributed by atoms with van der Waals surface area (Å²) >= 11 is 4.22. The van der Waals surface area contributed by atoms with Gasteiger partial charge in [-0.2, -0.15) is 12.6 Å². The van der Waals surface area contributed by atoms with Gasteiger partial charge in [-0.1, -0.05) is 0 Å². The van der Waals surface area contributed by atoms with E-state index in [9.17, 15) is 13.2 Å². The second-order valence-electron chi connectivity index (χ2n) is 4.16. The van der Waals surface area contributed by atoms with Gasteiger partial charge in [-0.15, -0.1) is 13.2 Å². The summed E-state index contributed by atoms with van der Waals surface area (Å²) in [7, 11) is 0. The molecule has 1 aliphatic rings. The van der Waals surface area contributed by atoms with Crippen LogP contribution >= 0.6 is 12.6 Å². The van der Waals surface area contributed by atoms with E-state index < -0.39 is 12.7 Å². The lowest BCUT2D eigenvalue weighted by Gasteiger charge is -2.33. The van der Waals surface area contributed by atoms with Gasteiger partial charge in [0.15, 0.2) is 6.29 Å². The highest BCUT2D eigenvalue weighted by Gasteiger charge is 2.38. The van der Waals surface area contributed by atoms with E-state index in [-0.39, 0.29) is 17.8 Å². The number of unbranched alkanes of at least 4 members (excludes halogenated alkanes) is 1. The van der Waals surface area contributed by atoms with Crippen molar-refractivity contribution in [3.63, 3.8) is 0 Å². The van der Waals surface area contributed by atoms with E-state index in [1.165, 1.54) is 0 Å². The highest BCUT2D eigenvalue weighted by atomic mass is 32.1. The first kappa shape index (κ1) is 15.1. The molecule has 0 saturated carbocycles. The van der Waals surface area contributed by atoms with Crippen LogP contribution in [-0.4, -0.2) is 30.6 Å². The molecule has 1 saturated heterocycles. The molecule has 0 aromatic carbocycles. The van der Waals surface area contributed by atoms with Crippen molar-refractivity contribution >= 4 is 12.6 Å². The Morgan fingerprint density at radius 1 is 1.29 bits per heavy atom. The van der Waals surface area contributed by atoms with Crippen LogP contribution in [0.15, 0.2) is 0 Å². The summed E-state index contributed by atoms with van der Waals surface area (Å²) in [6, 6.07) is 0. The Labute approximate surface area is 104 Å². The van der Waals surface area contributed by atoms with Crippen LogP contribution in [0.3, 0.4) is 0 Å². The third kappa shape index (κ3) is 6.49. The first-order valence-electron chi connectivity index (χ1n) is 5.69. The topological polar surface area (TPSA) is 44.5 Å². The fourth-order valence-electron chi connectivity index (χ4n) is 1.87. The summed E-state index contributed by atoms with van der Waals surface area (Å²) in [5, 5.41) is -0.112. The molecule has 2 N–H and O–H groups in total. The van der Waals surface area contributed by atoms with Crippen molar-refractivity contribution in [2.75, 3.05) is 6.54 Å². The number of ether oxygens (including phenoxy) is 2. The summed E-state index contributed by atoms with van der Waals surface area (Å²) in [6.45, 7) is 0.583. The average molecular weight is 273 g/mol. The third-order valence-corrected chi connectivity index (χ3v) is 3.01. The van der Waals surface area contributed by atoms with Crippen LogP contribution in [0.2, 0.25) is 0 Å². The van der Waals surface area contributed by atoms with Crippen LogP contribution in [0.5, 0.6) is 0 Å². The van der Waals surface area contributed by atoms with Gasteiger partial charge < -0.3 is 10.5 Å². The predicted molar refractivity (Wildman–Crippen MR) is 60.7 cm³/mol. The molecule has 1 rings (SSSR count). The normalized spacial score (nSPS) is 30.5. The minimum atomic E-state index is -4.66. The molecular formula is C10H18F3NO2S. The van der Waals surface area contributed by atoms with E-state index in [1.54, 1.807) is 0 Å². The van der Waals surface area contributed by atoms with Gasteiger partial charge in [0.05, 0.1) is 6.10 Å². The minimum absolute atomic E-state index is 0.112. The number of hydrogen-bond acceptors (Lipinski definition) is 4. The molecule has 1 aliphatic heterocycles. The Hall–Kier alpha value is 0.0200. The van der Waals surface area contributed by atoms with E-state index in [0.717, 1.165) is 12.8 Å². The maximum Gasteiger partial charge on any atom is 0.524 e. The molecule has 0 aromatic heterocycles. The lowest BCUT2D eigenvalue weighted by Crippen LogP contribution is -2.38. The highest BCUT2D eigenvalue weighted by molar-refractivity contribution is 7.80. The zero-order valence-corrected chi connectivity index (χ0v) is 10.3. The SMILES string of the molecule is NCCCCC1C[C@@H](S)CC(OC(F)(F)F)O1. The molecule has 1 fully saturated rings. The van der Waals surface area contributed by atoms with E-state index in [1.807, 2.05) is 0 Å². The Kier molecular flexibility index (Phi) is 6.05.